The fourth-order valence-corrected chi connectivity index (χ4v) is 1.03. The lowest BCUT2D eigenvalue weighted by Gasteiger charge is -2.26. The predicted molar refractivity (Wildman–Crippen MR) is 42.4 cm³/mol. The molecule has 1 radical (unpaired) electrons. The van der Waals surface area contributed by atoms with E-state index < -0.39 is 0 Å². The van der Waals surface area contributed by atoms with Crippen molar-refractivity contribution in [2.45, 2.75) is 6.92 Å². The van der Waals surface area contributed by atoms with E-state index in [9.17, 15) is 0 Å². The SMILES string of the molecule is CCN[CH]N1CCNCC1. The highest BCUT2D eigenvalue weighted by Crippen LogP contribution is 1.91. The highest BCUT2D eigenvalue weighted by molar-refractivity contribution is 4.72. The van der Waals surface area contributed by atoms with Crippen LogP contribution in [0.15, 0.2) is 0 Å². The van der Waals surface area contributed by atoms with Crippen molar-refractivity contribution in [1.29, 1.82) is 0 Å². The number of rotatable bonds is 3. The van der Waals surface area contributed by atoms with Crippen LogP contribution in [0.4, 0.5) is 0 Å². The van der Waals surface area contributed by atoms with Gasteiger partial charge in [0, 0.05) is 26.2 Å². The summed E-state index contributed by atoms with van der Waals surface area (Å²) in [6.45, 7) is 9.70. The van der Waals surface area contributed by atoms with E-state index in [1.807, 2.05) is 0 Å². The van der Waals surface area contributed by atoms with E-state index in [0.717, 1.165) is 32.7 Å². The Balaban J connectivity index is 2.02. The molecule has 0 aromatic heterocycles. The Bertz CT molecular complexity index is 78.9. The molecular weight excluding hydrogens is 126 g/mol. The quantitative estimate of drug-likeness (QED) is 0.562. The molecule has 3 heteroatoms. The van der Waals surface area contributed by atoms with Crippen molar-refractivity contribution in [2.75, 3.05) is 32.7 Å². The monoisotopic (exact) mass is 142 g/mol. The second-order valence-corrected chi connectivity index (χ2v) is 2.47. The van der Waals surface area contributed by atoms with Crippen LogP contribution < -0.4 is 10.6 Å². The summed E-state index contributed by atoms with van der Waals surface area (Å²) in [7, 11) is 0. The van der Waals surface area contributed by atoms with Gasteiger partial charge < -0.3 is 5.32 Å². The molecule has 0 bridgehead atoms. The van der Waals surface area contributed by atoms with Gasteiger partial charge in [-0.05, 0) is 6.54 Å². The fourth-order valence-electron chi connectivity index (χ4n) is 1.03. The third-order valence-electron chi connectivity index (χ3n) is 1.63. The first-order valence-electron chi connectivity index (χ1n) is 3.95. The third kappa shape index (κ3) is 2.64. The normalized spacial score (nSPS) is 21.3. The average Bonchev–Trinajstić information content (AvgIpc) is 2.03. The van der Waals surface area contributed by atoms with Gasteiger partial charge in [-0.1, -0.05) is 6.92 Å². The zero-order valence-corrected chi connectivity index (χ0v) is 6.56. The van der Waals surface area contributed by atoms with E-state index in [1.165, 1.54) is 0 Å². The minimum atomic E-state index is 1.02. The highest BCUT2D eigenvalue weighted by atomic mass is 15.2. The molecule has 0 unspecified atom stereocenters. The summed E-state index contributed by atoms with van der Waals surface area (Å²) in [5, 5.41) is 6.49. The molecular formula is C7H16N3. The van der Waals surface area contributed by atoms with Gasteiger partial charge in [0.15, 0.2) is 0 Å². The molecule has 0 spiro atoms. The van der Waals surface area contributed by atoms with E-state index >= 15 is 0 Å². The van der Waals surface area contributed by atoms with Crippen LogP contribution in [-0.2, 0) is 0 Å². The molecule has 3 nitrogen and oxygen atoms in total. The van der Waals surface area contributed by atoms with Crippen molar-refractivity contribution < 1.29 is 0 Å². The molecule has 0 aliphatic carbocycles. The van der Waals surface area contributed by atoms with Gasteiger partial charge in [-0.25, -0.2) is 0 Å². The third-order valence-corrected chi connectivity index (χ3v) is 1.63. The molecule has 59 valence electrons. The number of hydrogen-bond acceptors (Lipinski definition) is 3. The minimum Gasteiger partial charge on any atom is -0.314 e. The number of nitrogens with one attached hydrogen (secondary N) is 2. The van der Waals surface area contributed by atoms with Crippen molar-refractivity contribution in [3.63, 3.8) is 0 Å². The van der Waals surface area contributed by atoms with E-state index in [1.54, 1.807) is 0 Å². The Kier molecular flexibility index (Phi) is 3.72. The number of piperazine rings is 1. The van der Waals surface area contributed by atoms with Gasteiger partial charge >= 0.3 is 0 Å². The van der Waals surface area contributed by atoms with E-state index in [4.69, 9.17) is 0 Å². The van der Waals surface area contributed by atoms with Gasteiger partial charge in [-0.15, -0.1) is 0 Å². The highest BCUT2D eigenvalue weighted by Gasteiger charge is 2.07. The molecule has 1 saturated heterocycles. The lowest BCUT2D eigenvalue weighted by Crippen LogP contribution is -2.44. The zero-order chi connectivity index (χ0) is 7.23. The molecule has 1 heterocycles. The van der Waals surface area contributed by atoms with Crippen LogP contribution in [0, 0.1) is 6.67 Å². The van der Waals surface area contributed by atoms with Crippen LogP contribution in [0.1, 0.15) is 6.92 Å². The van der Waals surface area contributed by atoms with Crippen LogP contribution in [0.5, 0.6) is 0 Å². The zero-order valence-electron chi connectivity index (χ0n) is 6.56. The van der Waals surface area contributed by atoms with Crippen molar-refractivity contribution >= 4 is 0 Å². The minimum absolute atomic E-state index is 1.02. The molecule has 0 atom stereocenters. The standard InChI is InChI=1S/C7H16N3/c1-2-8-7-10-5-3-9-4-6-10/h7-9H,2-6H2,1H3. The lowest BCUT2D eigenvalue weighted by molar-refractivity contribution is 0.274. The largest absolute Gasteiger partial charge is 0.314 e. The Morgan fingerprint density at radius 1 is 1.50 bits per heavy atom. The van der Waals surface area contributed by atoms with Crippen LogP contribution in [0.25, 0.3) is 0 Å². The summed E-state index contributed by atoms with van der Waals surface area (Å²) in [5.41, 5.74) is 0. The first-order chi connectivity index (χ1) is 4.93. The maximum absolute atomic E-state index is 3.30. The average molecular weight is 142 g/mol. The van der Waals surface area contributed by atoms with Crippen molar-refractivity contribution in [1.82, 2.24) is 15.5 Å². The molecule has 10 heavy (non-hydrogen) atoms. The molecule has 1 aliphatic heterocycles. The van der Waals surface area contributed by atoms with Crippen molar-refractivity contribution in [3.05, 3.63) is 6.67 Å². The molecule has 1 fully saturated rings. The summed E-state index contributed by atoms with van der Waals surface area (Å²) in [4.78, 5) is 2.31. The smallest absolute Gasteiger partial charge is 0.0894 e. The lowest BCUT2D eigenvalue weighted by atomic mass is 10.4. The summed E-state index contributed by atoms with van der Waals surface area (Å²) in [6.07, 6.45) is 0. The van der Waals surface area contributed by atoms with E-state index in [-0.39, 0.29) is 0 Å². The van der Waals surface area contributed by atoms with Crippen LogP contribution in [-0.4, -0.2) is 37.6 Å². The maximum Gasteiger partial charge on any atom is 0.0894 e. The summed E-state index contributed by atoms with van der Waals surface area (Å²) >= 11 is 0. The topological polar surface area (TPSA) is 27.3 Å². The molecule has 2 N–H and O–H groups in total. The molecule has 1 aliphatic rings. The Labute approximate surface area is 62.8 Å². The predicted octanol–water partition coefficient (Wildman–Crippen LogP) is -0.380. The van der Waals surface area contributed by atoms with Crippen LogP contribution >= 0.6 is 0 Å². The van der Waals surface area contributed by atoms with E-state index in [2.05, 4.69) is 29.1 Å². The summed E-state index contributed by atoms with van der Waals surface area (Å²) < 4.78 is 0. The second-order valence-electron chi connectivity index (χ2n) is 2.47. The second kappa shape index (κ2) is 4.66. The first kappa shape index (κ1) is 7.98. The van der Waals surface area contributed by atoms with Gasteiger partial charge in [0.1, 0.15) is 0 Å². The van der Waals surface area contributed by atoms with Crippen LogP contribution in [0.2, 0.25) is 0 Å². The molecule has 0 aromatic rings. The first-order valence-corrected chi connectivity index (χ1v) is 3.95. The van der Waals surface area contributed by atoms with Gasteiger partial charge in [0.05, 0.1) is 6.67 Å². The Morgan fingerprint density at radius 3 is 2.80 bits per heavy atom. The molecule has 1 rings (SSSR count). The van der Waals surface area contributed by atoms with Gasteiger partial charge in [-0.3, -0.25) is 10.2 Å². The van der Waals surface area contributed by atoms with Gasteiger partial charge in [0.2, 0.25) is 0 Å². The Morgan fingerprint density at radius 2 is 2.20 bits per heavy atom. The molecule has 0 saturated carbocycles. The van der Waals surface area contributed by atoms with Crippen molar-refractivity contribution in [2.24, 2.45) is 0 Å². The van der Waals surface area contributed by atoms with Crippen LogP contribution in [0.3, 0.4) is 0 Å². The Hall–Kier alpha value is -0.120. The van der Waals surface area contributed by atoms with Crippen molar-refractivity contribution in [3.8, 4) is 0 Å². The van der Waals surface area contributed by atoms with E-state index in [0.29, 0.717) is 0 Å². The number of hydrogen-bond donors (Lipinski definition) is 2. The molecule has 0 amide bonds. The summed E-state index contributed by atoms with van der Waals surface area (Å²) in [5.74, 6) is 0. The van der Waals surface area contributed by atoms with Gasteiger partial charge in [0.25, 0.3) is 0 Å². The summed E-state index contributed by atoms with van der Waals surface area (Å²) in [6, 6.07) is 0. The van der Waals surface area contributed by atoms with Gasteiger partial charge in [-0.2, -0.15) is 0 Å². The molecule has 0 aromatic carbocycles. The number of nitrogens with zero attached hydrogens (tertiary/aromatic N) is 1. The fraction of sp³-hybridized carbons (Fsp3) is 0.857. The maximum atomic E-state index is 3.30.